The van der Waals surface area contributed by atoms with E-state index >= 15 is 0 Å². The monoisotopic (exact) mass is 289 g/mol. The fraction of sp³-hybridized carbons (Fsp3) is 0.294. The Labute approximate surface area is 125 Å². The van der Waals surface area contributed by atoms with E-state index in [9.17, 15) is 0 Å². The van der Waals surface area contributed by atoms with Crippen LogP contribution in [0.3, 0.4) is 0 Å². The van der Waals surface area contributed by atoms with Gasteiger partial charge in [0.1, 0.15) is 11.5 Å². The summed E-state index contributed by atoms with van der Waals surface area (Å²) in [5.74, 6) is 1.54. The van der Waals surface area contributed by atoms with E-state index in [1.807, 2.05) is 42.5 Å². The zero-order chi connectivity index (χ0) is 14.4. The van der Waals surface area contributed by atoms with E-state index < -0.39 is 0 Å². The van der Waals surface area contributed by atoms with E-state index in [0.29, 0.717) is 16.8 Å². The van der Waals surface area contributed by atoms with Gasteiger partial charge in [-0.25, -0.2) is 0 Å². The van der Waals surface area contributed by atoms with Gasteiger partial charge in [0.25, 0.3) is 0 Å². The summed E-state index contributed by atoms with van der Waals surface area (Å²) in [6.07, 6.45) is 1.01. The summed E-state index contributed by atoms with van der Waals surface area (Å²) in [5, 5.41) is 4.10. The maximum absolute atomic E-state index is 6.16. The third-order valence-corrected chi connectivity index (χ3v) is 3.52. The van der Waals surface area contributed by atoms with Crippen LogP contribution in [0.5, 0.6) is 11.5 Å². The number of ether oxygens (including phenoxy) is 1. The first kappa shape index (κ1) is 14.9. The predicted molar refractivity (Wildman–Crippen MR) is 84.7 cm³/mol. The lowest BCUT2D eigenvalue weighted by atomic mass is 10.0. The molecule has 3 heteroatoms. The molecule has 0 saturated heterocycles. The van der Waals surface area contributed by atoms with Crippen molar-refractivity contribution in [1.82, 2.24) is 5.32 Å². The fourth-order valence-corrected chi connectivity index (χ4v) is 2.40. The number of nitrogens with one attached hydrogen (secondary N) is 1. The van der Waals surface area contributed by atoms with Crippen molar-refractivity contribution in [1.29, 1.82) is 0 Å². The smallest absolute Gasteiger partial charge is 0.146 e. The SMILES string of the molecule is CCNC(CC)c1ccccc1Oc1ccccc1Cl. The minimum absolute atomic E-state index is 0.290. The normalized spacial score (nSPS) is 12.2. The molecule has 1 N–H and O–H groups in total. The molecule has 0 aliphatic heterocycles. The van der Waals surface area contributed by atoms with Crippen LogP contribution in [0.25, 0.3) is 0 Å². The highest BCUT2D eigenvalue weighted by Gasteiger charge is 2.14. The van der Waals surface area contributed by atoms with Gasteiger partial charge in [0, 0.05) is 11.6 Å². The molecule has 0 aliphatic carbocycles. The van der Waals surface area contributed by atoms with Crippen molar-refractivity contribution in [3.05, 3.63) is 59.1 Å². The Bertz CT molecular complexity index is 556. The standard InChI is InChI=1S/C17H20ClNO/c1-3-15(19-4-2)13-9-5-7-11-16(13)20-17-12-8-6-10-14(17)18/h5-12,15,19H,3-4H2,1-2H3. The van der Waals surface area contributed by atoms with Gasteiger partial charge in [-0.2, -0.15) is 0 Å². The molecule has 106 valence electrons. The van der Waals surface area contributed by atoms with E-state index in [1.54, 1.807) is 0 Å². The number of hydrogen-bond donors (Lipinski definition) is 1. The van der Waals surface area contributed by atoms with E-state index in [-0.39, 0.29) is 0 Å². The lowest BCUT2D eigenvalue weighted by Gasteiger charge is -2.20. The Morgan fingerprint density at radius 1 is 1.00 bits per heavy atom. The van der Waals surface area contributed by atoms with Gasteiger partial charge in [0.2, 0.25) is 0 Å². The van der Waals surface area contributed by atoms with E-state index in [4.69, 9.17) is 16.3 Å². The Morgan fingerprint density at radius 2 is 1.65 bits per heavy atom. The van der Waals surface area contributed by atoms with Crippen molar-refractivity contribution in [2.45, 2.75) is 26.3 Å². The quantitative estimate of drug-likeness (QED) is 0.790. The van der Waals surface area contributed by atoms with Crippen molar-refractivity contribution < 1.29 is 4.74 Å². The molecule has 0 fully saturated rings. The van der Waals surface area contributed by atoms with Gasteiger partial charge in [-0.1, -0.05) is 55.8 Å². The summed E-state index contributed by atoms with van der Waals surface area (Å²) in [7, 11) is 0. The van der Waals surface area contributed by atoms with Gasteiger partial charge in [-0.15, -0.1) is 0 Å². The van der Waals surface area contributed by atoms with Gasteiger partial charge < -0.3 is 10.1 Å². The van der Waals surface area contributed by atoms with Gasteiger partial charge >= 0.3 is 0 Å². The molecule has 2 nitrogen and oxygen atoms in total. The molecule has 0 saturated carbocycles. The third-order valence-electron chi connectivity index (χ3n) is 3.21. The Balaban J connectivity index is 2.30. The summed E-state index contributed by atoms with van der Waals surface area (Å²) in [5.41, 5.74) is 1.16. The number of hydrogen-bond acceptors (Lipinski definition) is 2. The molecular weight excluding hydrogens is 270 g/mol. The predicted octanol–water partition coefficient (Wildman–Crippen LogP) is 5.19. The number of halogens is 1. The van der Waals surface area contributed by atoms with Crippen LogP contribution in [0.1, 0.15) is 31.9 Å². The van der Waals surface area contributed by atoms with Crippen molar-refractivity contribution in [2.75, 3.05) is 6.54 Å². The van der Waals surface area contributed by atoms with Crippen LogP contribution in [0.4, 0.5) is 0 Å². The van der Waals surface area contributed by atoms with Crippen molar-refractivity contribution in [3.63, 3.8) is 0 Å². The van der Waals surface area contributed by atoms with Crippen molar-refractivity contribution in [3.8, 4) is 11.5 Å². The number of para-hydroxylation sites is 2. The highest BCUT2D eigenvalue weighted by molar-refractivity contribution is 6.32. The molecule has 1 atom stereocenters. The fourth-order valence-electron chi connectivity index (χ4n) is 2.23. The molecule has 0 heterocycles. The molecule has 20 heavy (non-hydrogen) atoms. The molecule has 0 aromatic heterocycles. The van der Waals surface area contributed by atoms with Crippen molar-refractivity contribution >= 4 is 11.6 Å². The second-order valence-corrected chi connectivity index (χ2v) is 5.00. The zero-order valence-corrected chi connectivity index (χ0v) is 12.7. The molecule has 2 aromatic carbocycles. The van der Waals surface area contributed by atoms with Crippen LogP contribution in [-0.2, 0) is 0 Å². The van der Waals surface area contributed by atoms with Crippen LogP contribution in [0.2, 0.25) is 5.02 Å². The topological polar surface area (TPSA) is 21.3 Å². The van der Waals surface area contributed by atoms with Gasteiger partial charge in [-0.3, -0.25) is 0 Å². The van der Waals surface area contributed by atoms with E-state index in [2.05, 4.69) is 25.2 Å². The molecule has 0 amide bonds. The molecule has 1 unspecified atom stereocenters. The summed E-state index contributed by atoms with van der Waals surface area (Å²) in [6, 6.07) is 15.9. The molecular formula is C17H20ClNO. The van der Waals surface area contributed by atoms with E-state index in [1.165, 1.54) is 0 Å². The second-order valence-electron chi connectivity index (χ2n) is 4.59. The highest BCUT2D eigenvalue weighted by atomic mass is 35.5. The first-order valence-corrected chi connectivity index (χ1v) is 7.38. The van der Waals surface area contributed by atoms with Gasteiger partial charge in [0.15, 0.2) is 0 Å². The maximum atomic E-state index is 6.16. The Morgan fingerprint density at radius 3 is 2.30 bits per heavy atom. The molecule has 0 radical (unpaired) electrons. The van der Waals surface area contributed by atoms with Gasteiger partial charge in [-0.05, 0) is 31.2 Å². The van der Waals surface area contributed by atoms with E-state index in [0.717, 1.165) is 24.3 Å². The summed E-state index contributed by atoms with van der Waals surface area (Å²) < 4.78 is 6.00. The minimum atomic E-state index is 0.290. The molecule has 0 spiro atoms. The number of rotatable bonds is 6. The Hall–Kier alpha value is -1.51. The van der Waals surface area contributed by atoms with Crippen molar-refractivity contribution in [2.24, 2.45) is 0 Å². The molecule has 0 aliphatic rings. The van der Waals surface area contributed by atoms with Crippen LogP contribution in [0, 0.1) is 0 Å². The average Bonchev–Trinajstić information content (AvgIpc) is 2.48. The highest BCUT2D eigenvalue weighted by Crippen LogP contribution is 2.34. The summed E-state index contributed by atoms with van der Waals surface area (Å²) in [6.45, 7) is 5.21. The third kappa shape index (κ3) is 3.53. The lowest BCUT2D eigenvalue weighted by Crippen LogP contribution is -2.20. The first-order chi connectivity index (χ1) is 9.76. The number of benzene rings is 2. The zero-order valence-electron chi connectivity index (χ0n) is 11.9. The van der Waals surface area contributed by atoms with Gasteiger partial charge in [0.05, 0.1) is 5.02 Å². The average molecular weight is 290 g/mol. The summed E-state index contributed by atoms with van der Waals surface area (Å²) in [4.78, 5) is 0. The molecule has 0 bridgehead atoms. The Kier molecular flexibility index (Phi) is 5.45. The second kappa shape index (κ2) is 7.32. The molecule has 2 rings (SSSR count). The van der Waals surface area contributed by atoms with Crippen LogP contribution >= 0.6 is 11.6 Å². The van der Waals surface area contributed by atoms with Crippen LogP contribution in [0.15, 0.2) is 48.5 Å². The summed E-state index contributed by atoms with van der Waals surface area (Å²) >= 11 is 6.16. The molecule has 2 aromatic rings. The van der Waals surface area contributed by atoms with Crippen LogP contribution < -0.4 is 10.1 Å². The largest absolute Gasteiger partial charge is 0.455 e. The maximum Gasteiger partial charge on any atom is 0.146 e. The van der Waals surface area contributed by atoms with Crippen LogP contribution in [-0.4, -0.2) is 6.54 Å². The first-order valence-electron chi connectivity index (χ1n) is 7.01. The minimum Gasteiger partial charge on any atom is -0.455 e. The lowest BCUT2D eigenvalue weighted by molar-refractivity contribution is 0.453.